The molecule has 2 aromatic rings. The maximum absolute atomic E-state index is 12.2. The van der Waals surface area contributed by atoms with Crippen molar-refractivity contribution in [1.29, 1.82) is 0 Å². The summed E-state index contributed by atoms with van der Waals surface area (Å²) in [6, 6.07) is 7.43. The molecule has 0 spiro atoms. The third-order valence-corrected chi connectivity index (χ3v) is 4.79. The van der Waals surface area contributed by atoms with Gasteiger partial charge >= 0.3 is 0 Å². The molecular weight excluding hydrogens is 334 g/mol. The van der Waals surface area contributed by atoms with Crippen LogP contribution in [0, 0.1) is 13.8 Å². The van der Waals surface area contributed by atoms with Crippen LogP contribution < -0.4 is 10.6 Å². The van der Waals surface area contributed by atoms with Crippen molar-refractivity contribution in [3.05, 3.63) is 58.6 Å². The number of carbonyl (C=O) groups is 2. The molecule has 1 aromatic heterocycles. The lowest BCUT2D eigenvalue weighted by molar-refractivity contribution is -0.120. The molecular formula is C19H23N3O2S. The fourth-order valence-corrected chi connectivity index (χ4v) is 3.27. The lowest BCUT2D eigenvalue weighted by atomic mass is 10.1. The highest BCUT2D eigenvalue weighted by atomic mass is 32.1. The Bertz CT molecular complexity index is 751. The maximum atomic E-state index is 12.2. The molecule has 5 nitrogen and oxygen atoms in total. The zero-order valence-electron chi connectivity index (χ0n) is 14.6. The number of aromatic nitrogens is 1. The molecule has 0 aliphatic carbocycles. The summed E-state index contributed by atoms with van der Waals surface area (Å²) < 4.78 is 0. The van der Waals surface area contributed by atoms with E-state index in [1.807, 2.05) is 26.0 Å². The molecule has 0 atom stereocenters. The Labute approximate surface area is 152 Å². The second kappa shape index (κ2) is 9.13. The minimum atomic E-state index is -0.156. The summed E-state index contributed by atoms with van der Waals surface area (Å²) in [5.74, 6) is -0.168. The van der Waals surface area contributed by atoms with Gasteiger partial charge < -0.3 is 5.32 Å². The largest absolute Gasteiger partial charge is 0.356 e. The summed E-state index contributed by atoms with van der Waals surface area (Å²) in [4.78, 5) is 29.2. The zero-order valence-corrected chi connectivity index (χ0v) is 15.4. The van der Waals surface area contributed by atoms with E-state index in [1.54, 1.807) is 18.2 Å². The number of hydrogen-bond donors (Lipinski definition) is 2. The molecule has 0 aliphatic rings. The van der Waals surface area contributed by atoms with Crippen LogP contribution in [-0.4, -0.2) is 23.3 Å². The van der Waals surface area contributed by atoms with Crippen molar-refractivity contribution in [2.45, 2.75) is 33.1 Å². The number of rotatable bonds is 8. The fraction of sp³-hybridized carbons (Fsp3) is 0.316. The monoisotopic (exact) mass is 357 g/mol. The van der Waals surface area contributed by atoms with Gasteiger partial charge in [-0.2, -0.15) is 0 Å². The predicted molar refractivity (Wildman–Crippen MR) is 102 cm³/mol. The molecule has 0 bridgehead atoms. The van der Waals surface area contributed by atoms with Crippen molar-refractivity contribution in [1.82, 2.24) is 10.3 Å². The number of carbonyl (C=O) groups excluding carboxylic acids is 2. The topological polar surface area (TPSA) is 71.1 Å². The first-order chi connectivity index (χ1) is 12.0. The van der Waals surface area contributed by atoms with Crippen LogP contribution in [0.15, 0.2) is 36.9 Å². The summed E-state index contributed by atoms with van der Waals surface area (Å²) in [5.41, 5.74) is 2.65. The molecule has 1 heterocycles. The number of amides is 2. The number of anilines is 1. The van der Waals surface area contributed by atoms with E-state index in [9.17, 15) is 9.59 Å². The van der Waals surface area contributed by atoms with Crippen molar-refractivity contribution in [2.75, 3.05) is 11.9 Å². The van der Waals surface area contributed by atoms with Gasteiger partial charge in [-0.3, -0.25) is 14.9 Å². The average molecular weight is 357 g/mol. The van der Waals surface area contributed by atoms with Crippen molar-refractivity contribution in [3.8, 4) is 0 Å². The van der Waals surface area contributed by atoms with Gasteiger partial charge in [0.1, 0.15) is 0 Å². The van der Waals surface area contributed by atoms with Gasteiger partial charge in [0, 0.05) is 23.4 Å². The fourth-order valence-electron chi connectivity index (χ4n) is 2.27. The van der Waals surface area contributed by atoms with E-state index < -0.39 is 0 Å². The molecule has 2 N–H and O–H groups in total. The number of nitrogens with one attached hydrogen (secondary N) is 2. The lowest BCUT2D eigenvalue weighted by Gasteiger charge is -2.03. The third kappa shape index (κ3) is 5.83. The summed E-state index contributed by atoms with van der Waals surface area (Å²) >= 11 is 1.48. The van der Waals surface area contributed by atoms with Crippen molar-refractivity contribution >= 4 is 28.3 Å². The molecule has 6 heteroatoms. The van der Waals surface area contributed by atoms with Crippen molar-refractivity contribution in [3.63, 3.8) is 0 Å². The van der Waals surface area contributed by atoms with Gasteiger partial charge in [-0.05, 0) is 38.8 Å². The molecule has 2 rings (SSSR count). The van der Waals surface area contributed by atoms with Gasteiger partial charge in [0.05, 0.1) is 5.69 Å². The van der Waals surface area contributed by atoms with Gasteiger partial charge in [-0.1, -0.05) is 23.8 Å². The van der Waals surface area contributed by atoms with Gasteiger partial charge in [0.2, 0.25) is 5.91 Å². The molecule has 0 unspecified atom stereocenters. The first-order valence-electron chi connectivity index (χ1n) is 8.21. The maximum Gasteiger partial charge on any atom is 0.257 e. The Hall–Kier alpha value is -2.47. The molecule has 0 aliphatic heterocycles. The minimum absolute atomic E-state index is 0.0120. The molecule has 2 amide bonds. The lowest BCUT2D eigenvalue weighted by Crippen LogP contribution is -2.23. The van der Waals surface area contributed by atoms with Crippen LogP contribution >= 0.6 is 11.3 Å². The SMILES string of the molecule is C=CCC(=O)NCCCc1sc(NC(=O)c2ccc(C)cc2)nc1C. The molecule has 0 saturated carbocycles. The summed E-state index contributed by atoms with van der Waals surface area (Å²) in [6.07, 6.45) is 3.58. The highest BCUT2D eigenvalue weighted by molar-refractivity contribution is 7.15. The molecule has 1 aromatic carbocycles. The highest BCUT2D eigenvalue weighted by Gasteiger charge is 2.12. The molecule has 132 valence electrons. The number of benzene rings is 1. The van der Waals surface area contributed by atoms with Crippen LogP contribution in [0.5, 0.6) is 0 Å². The number of hydrogen-bond acceptors (Lipinski definition) is 4. The molecule has 0 fully saturated rings. The van der Waals surface area contributed by atoms with Gasteiger partial charge in [-0.25, -0.2) is 4.98 Å². The minimum Gasteiger partial charge on any atom is -0.356 e. The Morgan fingerprint density at radius 1 is 1.24 bits per heavy atom. The van der Waals surface area contributed by atoms with E-state index in [0.29, 0.717) is 23.7 Å². The van der Waals surface area contributed by atoms with Crippen molar-refractivity contribution in [2.24, 2.45) is 0 Å². The third-order valence-electron chi connectivity index (χ3n) is 3.66. The Morgan fingerprint density at radius 3 is 2.64 bits per heavy atom. The summed E-state index contributed by atoms with van der Waals surface area (Å²) in [5, 5.41) is 6.30. The van der Waals surface area contributed by atoms with Crippen LogP contribution in [-0.2, 0) is 11.2 Å². The standard InChI is InChI=1S/C19H23N3O2S/c1-4-6-17(23)20-12-5-7-16-14(3)21-19(25-16)22-18(24)15-10-8-13(2)9-11-15/h4,8-11H,1,5-7,12H2,2-3H3,(H,20,23)(H,21,22,24). The second-order valence-corrected chi connectivity index (χ2v) is 6.88. The first-order valence-corrected chi connectivity index (χ1v) is 9.03. The highest BCUT2D eigenvalue weighted by Crippen LogP contribution is 2.24. The Morgan fingerprint density at radius 2 is 1.96 bits per heavy atom. The van der Waals surface area contributed by atoms with Crippen LogP contribution in [0.1, 0.15) is 39.3 Å². The quantitative estimate of drug-likeness (QED) is 0.560. The Kier molecular flexibility index (Phi) is 6.89. The molecule has 25 heavy (non-hydrogen) atoms. The number of nitrogens with zero attached hydrogens (tertiary/aromatic N) is 1. The molecule has 0 radical (unpaired) electrons. The average Bonchev–Trinajstić information content (AvgIpc) is 2.92. The van der Waals surface area contributed by atoms with Crippen molar-refractivity contribution < 1.29 is 9.59 Å². The van der Waals surface area contributed by atoms with E-state index >= 15 is 0 Å². The number of aryl methyl sites for hydroxylation is 3. The second-order valence-electron chi connectivity index (χ2n) is 5.79. The van der Waals surface area contributed by atoms with Gasteiger partial charge in [0.25, 0.3) is 5.91 Å². The van der Waals surface area contributed by atoms with Crippen LogP contribution in [0.4, 0.5) is 5.13 Å². The smallest absolute Gasteiger partial charge is 0.257 e. The van der Waals surface area contributed by atoms with Crippen LogP contribution in [0.2, 0.25) is 0 Å². The molecule has 0 saturated heterocycles. The first kappa shape index (κ1) is 18.9. The van der Waals surface area contributed by atoms with Crippen LogP contribution in [0.3, 0.4) is 0 Å². The van der Waals surface area contributed by atoms with Gasteiger partial charge in [-0.15, -0.1) is 17.9 Å². The van der Waals surface area contributed by atoms with Gasteiger partial charge in [0.15, 0.2) is 5.13 Å². The Balaban J connectivity index is 1.86. The van der Waals surface area contributed by atoms with E-state index in [2.05, 4.69) is 22.2 Å². The zero-order chi connectivity index (χ0) is 18.2. The van der Waals surface area contributed by atoms with E-state index in [0.717, 1.165) is 29.0 Å². The number of thiazole rings is 1. The summed E-state index contributed by atoms with van der Waals surface area (Å²) in [7, 11) is 0. The van der Waals surface area contributed by atoms with E-state index in [-0.39, 0.29) is 11.8 Å². The van der Waals surface area contributed by atoms with E-state index in [4.69, 9.17) is 0 Å². The normalized spacial score (nSPS) is 10.3. The predicted octanol–water partition coefficient (Wildman–Crippen LogP) is 3.64. The van der Waals surface area contributed by atoms with E-state index in [1.165, 1.54) is 11.3 Å². The van der Waals surface area contributed by atoms with Crippen LogP contribution in [0.25, 0.3) is 0 Å². The summed E-state index contributed by atoms with van der Waals surface area (Å²) in [6.45, 7) is 8.08.